The number of aliphatic hydroxyl groups excluding tert-OH is 1. The molecule has 0 saturated heterocycles. The lowest BCUT2D eigenvalue weighted by atomic mass is 10.1. The van der Waals surface area contributed by atoms with Crippen molar-refractivity contribution in [2.45, 2.75) is 12.2 Å². The number of carbonyl (C=O) groups excluding carboxylic acids is 1. The Balaban J connectivity index is 1.72. The Hall–Kier alpha value is -2.71. The normalized spacial score (nSPS) is 16.2. The number of allylic oxidation sites excluding steroid dienone is 1. The summed E-state index contributed by atoms with van der Waals surface area (Å²) in [6, 6.07) is 8.81. The number of amides is 1. The third kappa shape index (κ3) is 4.96. The van der Waals surface area contributed by atoms with Gasteiger partial charge in [0.1, 0.15) is 12.4 Å². The Morgan fingerprint density at radius 1 is 1.32 bits per heavy atom. The number of fused-ring (bicyclic) bond motifs is 1. The van der Waals surface area contributed by atoms with Gasteiger partial charge in [0.25, 0.3) is 5.91 Å². The highest BCUT2D eigenvalue weighted by Crippen LogP contribution is 2.32. The predicted molar refractivity (Wildman–Crippen MR) is 101 cm³/mol. The molecule has 1 amide bonds. The zero-order chi connectivity index (χ0) is 20.3. The van der Waals surface area contributed by atoms with Crippen molar-refractivity contribution in [2.24, 2.45) is 0 Å². The number of nitrogens with one attached hydrogen (secondary N) is 2. The van der Waals surface area contributed by atoms with Gasteiger partial charge in [0.15, 0.2) is 0 Å². The van der Waals surface area contributed by atoms with Gasteiger partial charge in [-0.3, -0.25) is 4.79 Å². The fourth-order valence-electron chi connectivity index (χ4n) is 2.60. The van der Waals surface area contributed by atoms with Gasteiger partial charge in [-0.2, -0.15) is 13.2 Å². The lowest BCUT2D eigenvalue weighted by Crippen LogP contribution is -2.34. The molecule has 3 rings (SSSR count). The van der Waals surface area contributed by atoms with Gasteiger partial charge in [0.2, 0.25) is 0 Å². The van der Waals surface area contributed by atoms with Crippen LogP contribution < -0.4 is 15.4 Å². The molecule has 1 unspecified atom stereocenters. The number of rotatable bonds is 4. The number of halogens is 4. The molecular formula is C19H16ClF3N2O3. The van der Waals surface area contributed by atoms with Gasteiger partial charge in [-0.1, -0.05) is 23.7 Å². The first-order chi connectivity index (χ1) is 13.2. The van der Waals surface area contributed by atoms with Gasteiger partial charge in [-0.05, 0) is 29.8 Å². The van der Waals surface area contributed by atoms with Crippen molar-refractivity contribution in [1.29, 1.82) is 0 Å². The van der Waals surface area contributed by atoms with Gasteiger partial charge < -0.3 is 20.5 Å². The van der Waals surface area contributed by atoms with E-state index in [0.717, 1.165) is 6.08 Å². The van der Waals surface area contributed by atoms with Crippen molar-refractivity contribution in [3.8, 4) is 5.75 Å². The Morgan fingerprint density at radius 3 is 2.79 bits per heavy atom. The Kier molecular flexibility index (Phi) is 5.81. The summed E-state index contributed by atoms with van der Waals surface area (Å²) < 4.78 is 42.3. The Morgan fingerprint density at radius 2 is 2.11 bits per heavy atom. The summed E-state index contributed by atoms with van der Waals surface area (Å²) in [5, 5.41) is 15.0. The molecule has 28 heavy (non-hydrogen) atoms. The fraction of sp³-hybridized carbons (Fsp3) is 0.211. The number of benzene rings is 2. The monoisotopic (exact) mass is 412 g/mol. The van der Waals surface area contributed by atoms with Crippen LogP contribution in [0, 0.1) is 0 Å². The van der Waals surface area contributed by atoms with Crippen molar-refractivity contribution in [2.75, 3.05) is 23.8 Å². The summed E-state index contributed by atoms with van der Waals surface area (Å²) >= 11 is 6.05. The van der Waals surface area contributed by atoms with Crippen LogP contribution in [0.4, 0.5) is 24.5 Å². The third-order valence-electron chi connectivity index (χ3n) is 3.96. The second-order valence-corrected chi connectivity index (χ2v) is 6.52. The van der Waals surface area contributed by atoms with Crippen molar-refractivity contribution in [3.63, 3.8) is 0 Å². The minimum atomic E-state index is -4.43. The molecule has 0 aromatic heterocycles. The summed E-state index contributed by atoms with van der Waals surface area (Å²) in [4.78, 5) is 12.4. The second-order valence-electron chi connectivity index (χ2n) is 6.11. The topological polar surface area (TPSA) is 70.6 Å². The molecular weight excluding hydrogens is 397 g/mol. The zero-order valence-electron chi connectivity index (χ0n) is 14.4. The smallest absolute Gasteiger partial charge is 0.409 e. The maximum Gasteiger partial charge on any atom is 0.409 e. The van der Waals surface area contributed by atoms with Gasteiger partial charge in [0, 0.05) is 17.8 Å². The maximum absolute atomic E-state index is 12.4. The summed E-state index contributed by atoms with van der Waals surface area (Å²) in [6.07, 6.45) is -3.45. The number of anilines is 2. The van der Waals surface area contributed by atoms with E-state index in [0.29, 0.717) is 23.7 Å². The van der Waals surface area contributed by atoms with E-state index in [-0.39, 0.29) is 34.9 Å². The summed E-state index contributed by atoms with van der Waals surface area (Å²) in [6.45, 7) is 0.226. The van der Waals surface area contributed by atoms with Crippen LogP contribution in [0.1, 0.15) is 15.9 Å². The highest BCUT2D eigenvalue weighted by atomic mass is 35.5. The van der Waals surface area contributed by atoms with Gasteiger partial charge in [-0.25, -0.2) is 0 Å². The van der Waals surface area contributed by atoms with Gasteiger partial charge >= 0.3 is 6.18 Å². The first-order valence-electron chi connectivity index (χ1n) is 8.26. The molecule has 0 aliphatic carbocycles. The molecule has 1 aliphatic heterocycles. The summed E-state index contributed by atoms with van der Waals surface area (Å²) in [7, 11) is 0. The lowest BCUT2D eigenvalue weighted by molar-refractivity contribution is -0.0790. The van der Waals surface area contributed by atoms with E-state index in [9.17, 15) is 18.0 Å². The van der Waals surface area contributed by atoms with Crippen LogP contribution in [0.15, 0.2) is 42.5 Å². The predicted octanol–water partition coefficient (Wildman–Crippen LogP) is 4.33. The van der Waals surface area contributed by atoms with Crippen LogP contribution >= 0.6 is 11.6 Å². The number of aliphatic hydroxyl groups is 1. The molecule has 9 heteroatoms. The molecule has 1 atom stereocenters. The van der Waals surface area contributed by atoms with E-state index in [4.69, 9.17) is 21.4 Å². The molecule has 3 N–H and O–H groups in total. The maximum atomic E-state index is 12.4. The van der Waals surface area contributed by atoms with Gasteiger partial charge in [0.05, 0.1) is 28.9 Å². The largest absolute Gasteiger partial charge is 0.489 e. The zero-order valence-corrected chi connectivity index (χ0v) is 15.1. The highest BCUT2D eigenvalue weighted by Gasteiger charge is 2.22. The number of alkyl halides is 3. The van der Waals surface area contributed by atoms with E-state index in [2.05, 4.69) is 10.6 Å². The summed E-state index contributed by atoms with van der Waals surface area (Å²) in [5.74, 6) is 0.0227. The molecule has 0 radical (unpaired) electrons. The average Bonchev–Trinajstić information content (AvgIpc) is 2.65. The number of hydrogen-bond donors (Lipinski definition) is 3. The molecule has 2 aromatic carbocycles. The van der Waals surface area contributed by atoms with Crippen molar-refractivity contribution < 1.29 is 27.8 Å². The number of hydrogen-bond acceptors (Lipinski definition) is 4. The van der Waals surface area contributed by atoms with E-state index in [1.807, 2.05) is 0 Å². The first-order valence-corrected chi connectivity index (χ1v) is 8.64. The van der Waals surface area contributed by atoms with Crippen LogP contribution in [0.5, 0.6) is 5.75 Å². The van der Waals surface area contributed by atoms with Crippen molar-refractivity contribution in [3.05, 3.63) is 58.6 Å². The second kappa shape index (κ2) is 8.12. The molecule has 2 aromatic rings. The molecule has 1 heterocycles. The van der Waals surface area contributed by atoms with Gasteiger partial charge in [-0.15, -0.1) is 0 Å². The minimum absolute atomic E-state index is 0.0310. The minimum Gasteiger partial charge on any atom is -0.489 e. The quantitative estimate of drug-likeness (QED) is 0.699. The van der Waals surface area contributed by atoms with Crippen LogP contribution in [0.2, 0.25) is 5.02 Å². The molecule has 0 saturated carbocycles. The van der Waals surface area contributed by atoms with Crippen molar-refractivity contribution >= 4 is 35.0 Å². The molecule has 148 valence electrons. The third-order valence-corrected chi connectivity index (χ3v) is 4.27. The van der Waals surface area contributed by atoms with Crippen LogP contribution in [-0.4, -0.2) is 36.4 Å². The Labute approximate surface area is 163 Å². The van der Waals surface area contributed by atoms with Crippen molar-refractivity contribution in [1.82, 2.24) is 0 Å². The lowest BCUT2D eigenvalue weighted by Gasteiger charge is -2.26. The highest BCUT2D eigenvalue weighted by molar-refractivity contribution is 6.34. The van der Waals surface area contributed by atoms with E-state index < -0.39 is 12.1 Å². The van der Waals surface area contributed by atoms with Crippen LogP contribution in [-0.2, 0) is 0 Å². The van der Waals surface area contributed by atoms with Crippen LogP contribution in [0.25, 0.3) is 6.08 Å². The standard InChI is InChI=1S/C19H16ClF3N2O3/c20-15-7-11(5-6-19(21,22)23)1-3-14(15)18(27)25-12-2-4-16-17(8-12)28-10-13(9-26)24-16/h1-8,13,24,26H,9-10H2,(H,25,27)/b6-5+. The number of carbonyl (C=O) groups is 1. The number of ether oxygens (including phenoxy) is 1. The van der Waals surface area contributed by atoms with E-state index >= 15 is 0 Å². The van der Waals surface area contributed by atoms with E-state index in [1.165, 1.54) is 18.2 Å². The average molecular weight is 413 g/mol. The SMILES string of the molecule is O=C(Nc1ccc2c(c1)OCC(CO)N2)c1ccc(/C=C/C(F)(F)F)cc1Cl. The molecule has 0 spiro atoms. The molecule has 0 fully saturated rings. The molecule has 0 bridgehead atoms. The first kappa shape index (κ1) is 20.0. The summed E-state index contributed by atoms with van der Waals surface area (Å²) in [5.41, 5.74) is 1.51. The van der Waals surface area contributed by atoms with Crippen LogP contribution in [0.3, 0.4) is 0 Å². The molecule has 5 nitrogen and oxygen atoms in total. The van der Waals surface area contributed by atoms with E-state index in [1.54, 1.807) is 18.2 Å². The fourth-order valence-corrected chi connectivity index (χ4v) is 2.87. The molecule has 1 aliphatic rings. The Bertz CT molecular complexity index is 916.